The van der Waals surface area contributed by atoms with E-state index in [1.165, 1.54) is 5.39 Å². The van der Waals surface area contributed by atoms with Gasteiger partial charge in [-0.25, -0.2) is 0 Å². The largest absolute Gasteiger partial charge is 0.299 e. The molecular weight excluding hydrogens is 222 g/mol. The van der Waals surface area contributed by atoms with Crippen molar-refractivity contribution in [2.45, 2.75) is 33.1 Å². The molecule has 94 valence electrons. The lowest BCUT2D eigenvalue weighted by molar-refractivity contribution is -0.121. The Hall–Kier alpha value is -1.70. The first-order chi connectivity index (χ1) is 8.66. The third-order valence-corrected chi connectivity index (χ3v) is 3.16. The number of benzene rings is 1. The number of aromatic nitrogens is 1. The molecule has 1 heterocycles. The van der Waals surface area contributed by atoms with Crippen LogP contribution in [0.15, 0.2) is 36.4 Å². The van der Waals surface area contributed by atoms with E-state index in [1.807, 2.05) is 32.0 Å². The molecule has 1 aromatic heterocycles. The molecule has 2 aromatic rings. The van der Waals surface area contributed by atoms with Gasteiger partial charge in [0, 0.05) is 23.4 Å². The number of hydrogen-bond donors (Lipinski definition) is 0. The predicted octanol–water partition coefficient (Wildman–Crippen LogP) is 3.78. The Labute approximate surface area is 108 Å². The van der Waals surface area contributed by atoms with Gasteiger partial charge in [-0.3, -0.25) is 9.78 Å². The Morgan fingerprint density at radius 2 is 1.94 bits per heavy atom. The first-order valence-corrected chi connectivity index (χ1v) is 6.54. The first-order valence-electron chi connectivity index (χ1n) is 6.54. The molecule has 0 fully saturated rings. The van der Waals surface area contributed by atoms with Crippen LogP contribution >= 0.6 is 0 Å². The summed E-state index contributed by atoms with van der Waals surface area (Å²) in [5, 5.41) is 1.17. The predicted molar refractivity (Wildman–Crippen MR) is 74.5 cm³/mol. The van der Waals surface area contributed by atoms with Crippen molar-refractivity contribution < 1.29 is 4.79 Å². The van der Waals surface area contributed by atoms with Crippen molar-refractivity contribution in [3.63, 3.8) is 0 Å². The Morgan fingerprint density at radius 1 is 1.17 bits per heavy atom. The molecular formula is C16H19NO. The monoisotopic (exact) mass is 241 g/mol. The maximum atomic E-state index is 11.5. The average Bonchev–Trinajstić information content (AvgIpc) is 2.38. The number of para-hydroxylation sites is 1. The number of carbonyl (C=O) groups is 1. The Morgan fingerprint density at radius 3 is 2.72 bits per heavy atom. The van der Waals surface area contributed by atoms with Gasteiger partial charge in [0.2, 0.25) is 0 Å². The Balaban J connectivity index is 1.98. The fraction of sp³-hybridized carbons (Fsp3) is 0.375. The van der Waals surface area contributed by atoms with E-state index in [0.717, 1.165) is 24.1 Å². The number of ketones is 1. The number of nitrogens with zero attached hydrogens (tertiary/aromatic N) is 1. The number of aryl methyl sites for hydroxylation is 1. The molecule has 1 aromatic carbocycles. The number of fused-ring (bicyclic) bond motifs is 1. The summed E-state index contributed by atoms with van der Waals surface area (Å²) in [7, 11) is 0. The maximum Gasteiger partial charge on any atom is 0.135 e. The topological polar surface area (TPSA) is 30.0 Å². The van der Waals surface area contributed by atoms with Crippen LogP contribution in [0.3, 0.4) is 0 Å². The van der Waals surface area contributed by atoms with Gasteiger partial charge in [-0.05, 0) is 25.0 Å². The van der Waals surface area contributed by atoms with Crippen LogP contribution in [0.1, 0.15) is 32.4 Å². The van der Waals surface area contributed by atoms with E-state index in [4.69, 9.17) is 0 Å². The van der Waals surface area contributed by atoms with Gasteiger partial charge in [0.1, 0.15) is 5.78 Å². The van der Waals surface area contributed by atoms with E-state index in [-0.39, 0.29) is 5.92 Å². The lowest BCUT2D eigenvalue weighted by atomic mass is 10.0. The highest BCUT2D eigenvalue weighted by atomic mass is 16.1. The van der Waals surface area contributed by atoms with Crippen molar-refractivity contribution in [1.29, 1.82) is 0 Å². The zero-order valence-corrected chi connectivity index (χ0v) is 11.0. The second-order valence-electron chi connectivity index (χ2n) is 4.97. The van der Waals surface area contributed by atoms with Gasteiger partial charge < -0.3 is 0 Å². The molecule has 0 bridgehead atoms. The van der Waals surface area contributed by atoms with E-state index >= 15 is 0 Å². The highest BCUT2D eigenvalue weighted by Crippen LogP contribution is 2.13. The van der Waals surface area contributed by atoms with E-state index in [1.54, 1.807) is 0 Å². The molecule has 2 nitrogen and oxygen atoms in total. The lowest BCUT2D eigenvalue weighted by Crippen LogP contribution is -2.07. The summed E-state index contributed by atoms with van der Waals surface area (Å²) in [5.74, 6) is 0.491. The zero-order chi connectivity index (χ0) is 13.0. The minimum atomic E-state index is 0.148. The fourth-order valence-corrected chi connectivity index (χ4v) is 1.98. The zero-order valence-electron chi connectivity index (χ0n) is 11.0. The van der Waals surface area contributed by atoms with Crippen molar-refractivity contribution in [3.8, 4) is 0 Å². The minimum Gasteiger partial charge on any atom is -0.299 e. The molecule has 0 amide bonds. The molecule has 0 aliphatic carbocycles. The number of hydrogen-bond acceptors (Lipinski definition) is 2. The van der Waals surface area contributed by atoms with E-state index < -0.39 is 0 Å². The molecule has 0 N–H and O–H groups in total. The van der Waals surface area contributed by atoms with Gasteiger partial charge in [-0.1, -0.05) is 38.1 Å². The summed E-state index contributed by atoms with van der Waals surface area (Å²) in [6.45, 7) is 3.91. The number of rotatable bonds is 5. The van der Waals surface area contributed by atoms with Gasteiger partial charge in [-0.2, -0.15) is 0 Å². The third kappa shape index (κ3) is 3.16. The van der Waals surface area contributed by atoms with Crippen LogP contribution in [-0.2, 0) is 11.2 Å². The Bertz CT molecular complexity index is 546. The molecule has 0 radical (unpaired) electrons. The lowest BCUT2D eigenvalue weighted by Gasteiger charge is -2.04. The summed E-state index contributed by atoms with van der Waals surface area (Å²) in [4.78, 5) is 16.1. The Kier molecular flexibility index (Phi) is 4.08. The smallest absolute Gasteiger partial charge is 0.135 e. The van der Waals surface area contributed by atoms with Gasteiger partial charge >= 0.3 is 0 Å². The van der Waals surface area contributed by atoms with Crippen LogP contribution in [-0.4, -0.2) is 10.8 Å². The van der Waals surface area contributed by atoms with Crippen LogP contribution < -0.4 is 0 Å². The quantitative estimate of drug-likeness (QED) is 0.797. The van der Waals surface area contributed by atoms with Crippen LogP contribution in [0.5, 0.6) is 0 Å². The highest BCUT2D eigenvalue weighted by molar-refractivity contribution is 5.80. The van der Waals surface area contributed by atoms with E-state index in [0.29, 0.717) is 12.2 Å². The van der Waals surface area contributed by atoms with Crippen molar-refractivity contribution in [2.24, 2.45) is 5.92 Å². The summed E-state index contributed by atoms with van der Waals surface area (Å²) < 4.78 is 0. The molecule has 0 atom stereocenters. The molecule has 0 saturated carbocycles. The van der Waals surface area contributed by atoms with Gasteiger partial charge in [0.15, 0.2) is 0 Å². The van der Waals surface area contributed by atoms with Crippen LogP contribution in [0.4, 0.5) is 0 Å². The van der Waals surface area contributed by atoms with Gasteiger partial charge in [-0.15, -0.1) is 0 Å². The molecule has 2 heteroatoms. The summed E-state index contributed by atoms with van der Waals surface area (Å²) >= 11 is 0. The van der Waals surface area contributed by atoms with Crippen LogP contribution in [0.25, 0.3) is 10.9 Å². The van der Waals surface area contributed by atoms with Crippen LogP contribution in [0, 0.1) is 5.92 Å². The van der Waals surface area contributed by atoms with Crippen molar-refractivity contribution in [1.82, 2.24) is 4.98 Å². The van der Waals surface area contributed by atoms with Gasteiger partial charge in [0.05, 0.1) is 5.52 Å². The number of Topliss-reactive ketones (excluding diaryl/α,β-unsaturated/α-hetero) is 1. The molecule has 0 saturated heterocycles. The second kappa shape index (κ2) is 5.76. The fourth-order valence-electron chi connectivity index (χ4n) is 1.98. The van der Waals surface area contributed by atoms with Crippen molar-refractivity contribution in [3.05, 3.63) is 42.1 Å². The standard InChI is InChI=1S/C16H19NO/c1-12(2)16(18)9-5-7-14-11-10-13-6-3-4-8-15(13)17-14/h3-4,6,8,10-12H,5,7,9H2,1-2H3. The first kappa shape index (κ1) is 12.7. The number of carbonyl (C=O) groups excluding carboxylic acids is 1. The summed E-state index contributed by atoms with van der Waals surface area (Å²) in [6.07, 6.45) is 2.43. The molecule has 18 heavy (non-hydrogen) atoms. The third-order valence-electron chi connectivity index (χ3n) is 3.16. The van der Waals surface area contributed by atoms with E-state index in [9.17, 15) is 4.79 Å². The second-order valence-corrected chi connectivity index (χ2v) is 4.97. The van der Waals surface area contributed by atoms with E-state index in [2.05, 4.69) is 23.2 Å². The summed E-state index contributed by atoms with van der Waals surface area (Å²) in [5.41, 5.74) is 2.11. The van der Waals surface area contributed by atoms with Crippen molar-refractivity contribution in [2.75, 3.05) is 0 Å². The number of pyridine rings is 1. The summed E-state index contributed by atoms with van der Waals surface area (Å²) in [6, 6.07) is 12.3. The van der Waals surface area contributed by atoms with Crippen LogP contribution in [0.2, 0.25) is 0 Å². The molecule has 0 aliphatic rings. The SMILES string of the molecule is CC(C)C(=O)CCCc1ccc2ccccc2n1. The average molecular weight is 241 g/mol. The maximum absolute atomic E-state index is 11.5. The normalized spacial score (nSPS) is 11.1. The highest BCUT2D eigenvalue weighted by Gasteiger charge is 2.07. The molecule has 0 aliphatic heterocycles. The van der Waals surface area contributed by atoms with Crippen molar-refractivity contribution >= 4 is 16.7 Å². The molecule has 0 unspecified atom stereocenters. The van der Waals surface area contributed by atoms with Gasteiger partial charge in [0.25, 0.3) is 0 Å². The molecule has 0 spiro atoms. The molecule has 2 rings (SSSR count). The minimum absolute atomic E-state index is 0.148.